The number of aromatic amines is 1. The van der Waals surface area contributed by atoms with Gasteiger partial charge in [-0.05, 0) is 12.1 Å². The lowest BCUT2D eigenvalue weighted by molar-refractivity contribution is -0.134. The molecule has 1 amide bonds. The van der Waals surface area contributed by atoms with Gasteiger partial charge in [0.2, 0.25) is 11.5 Å². The number of hydrogen-bond donors (Lipinski definition) is 1. The van der Waals surface area contributed by atoms with Crippen LogP contribution in [0.1, 0.15) is 10.4 Å². The second-order valence-electron chi connectivity index (χ2n) is 6.59. The quantitative estimate of drug-likeness (QED) is 0.654. The molecule has 9 nitrogen and oxygen atoms in total. The Morgan fingerprint density at radius 3 is 2.52 bits per heavy atom. The predicted octanol–water partition coefficient (Wildman–Crippen LogP) is 0.824. The van der Waals surface area contributed by atoms with Crippen molar-refractivity contribution in [3.63, 3.8) is 0 Å². The maximum absolute atomic E-state index is 12.5. The number of amides is 1. The number of aromatic nitrogens is 3. The number of anilines is 1. The molecule has 1 aliphatic heterocycles. The number of piperazine rings is 1. The first-order valence-corrected chi connectivity index (χ1v) is 9.21. The number of pyridine rings is 1. The van der Waals surface area contributed by atoms with E-state index in [0.717, 1.165) is 0 Å². The Labute approximate surface area is 165 Å². The summed E-state index contributed by atoms with van der Waals surface area (Å²) in [6.45, 7) is 1.80. The number of esters is 1. The van der Waals surface area contributed by atoms with Crippen molar-refractivity contribution in [3.8, 4) is 0 Å². The summed E-state index contributed by atoms with van der Waals surface area (Å²) in [6, 6.07) is 9.88. The van der Waals surface area contributed by atoms with E-state index < -0.39 is 11.5 Å². The molecule has 3 heterocycles. The molecule has 148 valence electrons. The van der Waals surface area contributed by atoms with Crippen molar-refractivity contribution in [2.45, 2.75) is 0 Å². The van der Waals surface area contributed by atoms with E-state index >= 15 is 0 Å². The second kappa shape index (κ2) is 8.09. The highest BCUT2D eigenvalue weighted by Crippen LogP contribution is 2.16. The molecule has 0 radical (unpaired) electrons. The van der Waals surface area contributed by atoms with E-state index in [2.05, 4.69) is 15.0 Å². The van der Waals surface area contributed by atoms with Gasteiger partial charge in [-0.15, -0.1) is 0 Å². The largest absolute Gasteiger partial charge is 0.452 e. The molecule has 1 aliphatic rings. The van der Waals surface area contributed by atoms with Crippen LogP contribution in [-0.2, 0) is 9.53 Å². The fourth-order valence-electron chi connectivity index (χ4n) is 3.28. The topological polar surface area (TPSA) is 108 Å². The van der Waals surface area contributed by atoms with Gasteiger partial charge in [0.1, 0.15) is 0 Å². The van der Waals surface area contributed by atoms with Crippen molar-refractivity contribution in [3.05, 3.63) is 64.7 Å². The van der Waals surface area contributed by atoms with Gasteiger partial charge >= 0.3 is 5.97 Å². The zero-order chi connectivity index (χ0) is 20.2. The number of H-pyrrole nitrogens is 1. The first-order chi connectivity index (χ1) is 14.1. The van der Waals surface area contributed by atoms with E-state index in [1.54, 1.807) is 47.6 Å². The van der Waals surface area contributed by atoms with Gasteiger partial charge < -0.3 is 19.5 Å². The third kappa shape index (κ3) is 4.08. The van der Waals surface area contributed by atoms with Crippen molar-refractivity contribution in [2.24, 2.45) is 0 Å². The standard InChI is InChI=1S/C20H19N5O4/c26-17-12-15(14-4-1-2-5-16(14)23-17)19(28)29-13-18(27)24-8-10-25(11-9-24)20-21-6-3-7-22-20/h1-7,12H,8-11,13H2,(H,23,26). The average Bonchev–Trinajstić information content (AvgIpc) is 2.77. The number of para-hydroxylation sites is 1. The fourth-order valence-corrected chi connectivity index (χ4v) is 3.28. The molecule has 9 heteroatoms. The number of hydrogen-bond acceptors (Lipinski definition) is 7. The third-order valence-corrected chi connectivity index (χ3v) is 4.76. The van der Waals surface area contributed by atoms with Crippen LogP contribution < -0.4 is 10.5 Å². The second-order valence-corrected chi connectivity index (χ2v) is 6.59. The van der Waals surface area contributed by atoms with Crippen LogP contribution in [0.5, 0.6) is 0 Å². The highest BCUT2D eigenvalue weighted by Gasteiger charge is 2.23. The molecule has 0 unspecified atom stereocenters. The minimum Gasteiger partial charge on any atom is -0.452 e. The van der Waals surface area contributed by atoms with Gasteiger partial charge in [-0.25, -0.2) is 14.8 Å². The number of ether oxygens (including phenoxy) is 1. The number of benzene rings is 1. The van der Waals surface area contributed by atoms with Crippen molar-refractivity contribution in [1.82, 2.24) is 19.9 Å². The molecule has 0 bridgehead atoms. The van der Waals surface area contributed by atoms with Crippen LogP contribution in [0.4, 0.5) is 5.95 Å². The van der Waals surface area contributed by atoms with Crippen molar-refractivity contribution in [1.29, 1.82) is 0 Å². The van der Waals surface area contributed by atoms with Crippen LogP contribution in [0.15, 0.2) is 53.6 Å². The first kappa shape index (κ1) is 18.6. The smallest absolute Gasteiger partial charge is 0.339 e. The maximum Gasteiger partial charge on any atom is 0.339 e. The zero-order valence-electron chi connectivity index (χ0n) is 15.6. The Balaban J connectivity index is 1.36. The SMILES string of the molecule is O=C(OCC(=O)N1CCN(c2ncccn2)CC1)c1cc(=O)[nH]c2ccccc12. The Bertz CT molecular complexity index is 1090. The molecule has 0 aliphatic carbocycles. The van der Waals surface area contributed by atoms with Gasteiger partial charge in [0.25, 0.3) is 5.91 Å². The summed E-state index contributed by atoms with van der Waals surface area (Å²) in [5.74, 6) is -0.342. The normalized spacial score (nSPS) is 14.1. The molecular formula is C20H19N5O4. The van der Waals surface area contributed by atoms with Crippen molar-refractivity contribution < 1.29 is 14.3 Å². The highest BCUT2D eigenvalue weighted by atomic mass is 16.5. The number of rotatable bonds is 4. The van der Waals surface area contributed by atoms with Gasteiger partial charge in [0.05, 0.1) is 5.56 Å². The minimum atomic E-state index is -0.697. The van der Waals surface area contributed by atoms with Crippen LogP contribution in [0.2, 0.25) is 0 Å². The van der Waals surface area contributed by atoms with E-state index in [1.165, 1.54) is 6.07 Å². The van der Waals surface area contributed by atoms with E-state index in [1.807, 2.05) is 4.90 Å². The summed E-state index contributed by atoms with van der Waals surface area (Å²) in [4.78, 5) is 51.4. The Hall–Kier alpha value is -3.75. The molecule has 0 spiro atoms. The maximum atomic E-state index is 12.5. The predicted molar refractivity (Wildman–Crippen MR) is 106 cm³/mol. The van der Waals surface area contributed by atoms with Gasteiger partial charge in [-0.1, -0.05) is 18.2 Å². The molecule has 4 rings (SSSR count). The number of carbonyl (C=O) groups excluding carboxylic acids is 2. The van der Waals surface area contributed by atoms with Gasteiger partial charge in [0.15, 0.2) is 6.61 Å². The Morgan fingerprint density at radius 2 is 1.76 bits per heavy atom. The zero-order valence-corrected chi connectivity index (χ0v) is 15.6. The highest BCUT2D eigenvalue weighted by molar-refractivity contribution is 6.03. The van der Waals surface area contributed by atoms with Crippen molar-refractivity contribution >= 4 is 28.7 Å². The third-order valence-electron chi connectivity index (χ3n) is 4.76. The fraction of sp³-hybridized carbons (Fsp3) is 0.250. The van der Waals surface area contributed by atoms with Crippen LogP contribution in [0.3, 0.4) is 0 Å². The van der Waals surface area contributed by atoms with E-state index in [4.69, 9.17) is 4.74 Å². The lowest BCUT2D eigenvalue weighted by Crippen LogP contribution is -2.50. The number of fused-ring (bicyclic) bond motifs is 1. The van der Waals surface area contributed by atoms with E-state index in [-0.39, 0.29) is 18.1 Å². The molecule has 2 aromatic heterocycles. The number of nitrogens with zero attached hydrogens (tertiary/aromatic N) is 4. The number of nitrogens with one attached hydrogen (secondary N) is 1. The Morgan fingerprint density at radius 1 is 1.03 bits per heavy atom. The molecule has 1 N–H and O–H groups in total. The summed E-state index contributed by atoms with van der Waals surface area (Å²) in [5.41, 5.74) is 0.280. The van der Waals surface area contributed by atoms with Gasteiger partial charge in [-0.3, -0.25) is 9.59 Å². The van der Waals surface area contributed by atoms with E-state index in [0.29, 0.717) is 43.0 Å². The van der Waals surface area contributed by atoms with Gasteiger partial charge in [-0.2, -0.15) is 0 Å². The molecule has 0 atom stereocenters. The molecule has 1 aromatic carbocycles. The van der Waals surface area contributed by atoms with Crippen LogP contribution >= 0.6 is 0 Å². The van der Waals surface area contributed by atoms with Gasteiger partial charge in [0, 0.05) is 55.5 Å². The summed E-state index contributed by atoms with van der Waals surface area (Å²) in [5, 5.41) is 0.570. The van der Waals surface area contributed by atoms with Crippen LogP contribution in [0, 0.1) is 0 Å². The molecule has 0 saturated carbocycles. The summed E-state index contributed by atoms with van der Waals surface area (Å²) in [7, 11) is 0. The molecular weight excluding hydrogens is 374 g/mol. The monoisotopic (exact) mass is 393 g/mol. The number of carbonyl (C=O) groups is 2. The average molecular weight is 393 g/mol. The van der Waals surface area contributed by atoms with Crippen LogP contribution in [0.25, 0.3) is 10.9 Å². The summed E-state index contributed by atoms with van der Waals surface area (Å²) in [6.07, 6.45) is 3.36. The summed E-state index contributed by atoms with van der Waals surface area (Å²) < 4.78 is 5.20. The van der Waals surface area contributed by atoms with Crippen molar-refractivity contribution in [2.75, 3.05) is 37.7 Å². The minimum absolute atomic E-state index is 0.142. The Kier molecular flexibility index (Phi) is 5.19. The molecule has 3 aromatic rings. The molecule has 1 fully saturated rings. The lowest BCUT2D eigenvalue weighted by atomic mass is 10.1. The molecule has 29 heavy (non-hydrogen) atoms. The van der Waals surface area contributed by atoms with Crippen LogP contribution in [-0.4, -0.2) is 64.5 Å². The van der Waals surface area contributed by atoms with E-state index in [9.17, 15) is 14.4 Å². The lowest BCUT2D eigenvalue weighted by Gasteiger charge is -2.34. The first-order valence-electron chi connectivity index (χ1n) is 9.21. The molecule has 1 saturated heterocycles. The summed E-state index contributed by atoms with van der Waals surface area (Å²) >= 11 is 0.